The standard InChI is InChI=1S/C17H19FN2O/c18-15-5-3-4-14(10-15)11-20-9-7-17(12-20)21-13-16-6-1-2-8-19-16/h1-6,8,10,17H,7,9,11-13H2. The lowest BCUT2D eigenvalue weighted by Crippen LogP contribution is -2.23. The van der Waals surface area contributed by atoms with E-state index in [0.717, 1.165) is 37.3 Å². The molecule has 0 saturated carbocycles. The van der Waals surface area contributed by atoms with E-state index < -0.39 is 0 Å². The number of nitrogens with zero attached hydrogens (tertiary/aromatic N) is 2. The molecule has 1 saturated heterocycles. The number of rotatable bonds is 5. The molecule has 1 aromatic heterocycles. The van der Waals surface area contributed by atoms with Crippen molar-refractivity contribution in [3.63, 3.8) is 0 Å². The summed E-state index contributed by atoms with van der Waals surface area (Å²) in [4.78, 5) is 6.56. The molecule has 110 valence electrons. The van der Waals surface area contributed by atoms with E-state index in [9.17, 15) is 4.39 Å². The fourth-order valence-corrected chi connectivity index (χ4v) is 2.66. The van der Waals surface area contributed by atoms with Crippen molar-refractivity contribution in [2.75, 3.05) is 13.1 Å². The summed E-state index contributed by atoms with van der Waals surface area (Å²) < 4.78 is 19.1. The molecule has 0 aliphatic carbocycles. The van der Waals surface area contributed by atoms with Gasteiger partial charge in [0.2, 0.25) is 0 Å². The van der Waals surface area contributed by atoms with Crippen molar-refractivity contribution in [3.8, 4) is 0 Å². The second-order valence-electron chi connectivity index (χ2n) is 5.41. The van der Waals surface area contributed by atoms with Crippen LogP contribution >= 0.6 is 0 Å². The maximum Gasteiger partial charge on any atom is 0.123 e. The molecule has 0 N–H and O–H groups in total. The van der Waals surface area contributed by atoms with Crippen LogP contribution in [-0.4, -0.2) is 29.1 Å². The molecule has 1 aliphatic rings. The first-order valence-corrected chi connectivity index (χ1v) is 7.28. The number of halogens is 1. The summed E-state index contributed by atoms with van der Waals surface area (Å²) in [5.74, 6) is -0.172. The summed E-state index contributed by atoms with van der Waals surface area (Å²) in [5.41, 5.74) is 1.97. The average molecular weight is 286 g/mol. The Bertz CT molecular complexity index is 576. The Balaban J connectivity index is 1.47. The number of ether oxygens (including phenoxy) is 1. The Labute approximate surface area is 124 Å². The molecule has 4 heteroatoms. The third-order valence-corrected chi connectivity index (χ3v) is 3.72. The number of likely N-dealkylation sites (tertiary alicyclic amines) is 1. The predicted molar refractivity (Wildman–Crippen MR) is 79.1 cm³/mol. The van der Waals surface area contributed by atoms with Crippen LogP contribution in [0.5, 0.6) is 0 Å². The van der Waals surface area contributed by atoms with Crippen LogP contribution in [0.25, 0.3) is 0 Å². The van der Waals surface area contributed by atoms with E-state index in [1.54, 1.807) is 18.3 Å². The van der Waals surface area contributed by atoms with Crippen LogP contribution in [-0.2, 0) is 17.9 Å². The van der Waals surface area contributed by atoms with Gasteiger partial charge in [0.1, 0.15) is 5.82 Å². The summed E-state index contributed by atoms with van der Waals surface area (Å²) >= 11 is 0. The number of aromatic nitrogens is 1. The second kappa shape index (κ2) is 6.78. The van der Waals surface area contributed by atoms with Gasteiger partial charge in [-0.1, -0.05) is 18.2 Å². The van der Waals surface area contributed by atoms with E-state index in [0.29, 0.717) is 6.61 Å². The van der Waals surface area contributed by atoms with Crippen LogP contribution in [0.15, 0.2) is 48.7 Å². The van der Waals surface area contributed by atoms with Crippen molar-refractivity contribution in [1.82, 2.24) is 9.88 Å². The summed E-state index contributed by atoms with van der Waals surface area (Å²) in [6.45, 7) is 3.22. The van der Waals surface area contributed by atoms with Crippen LogP contribution in [0, 0.1) is 5.82 Å². The molecule has 0 radical (unpaired) electrons. The molecule has 1 aliphatic heterocycles. The Morgan fingerprint density at radius 2 is 2.19 bits per heavy atom. The topological polar surface area (TPSA) is 25.4 Å². The molecule has 0 bridgehead atoms. The molecule has 2 heterocycles. The van der Waals surface area contributed by atoms with Crippen LogP contribution in [0.4, 0.5) is 4.39 Å². The minimum atomic E-state index is -0.172. The van der Waals surface area contributed by atoms with E-state index in [-0.39, 0.29) is 11.9 Å². The molecule has 0 spiro atoms. The molecule has 1 aromatic carbocycles. The lowest BCUT2D eigenvalue weighted by atomic mass is 10.2. The Morgan fingerprint density at radius 3 is 3.00 bits per heavy atom. The first-order chi connectivity index (χ1) is 10.3. The Morgan fingerprint density at radius 1 is 1.24 bits per heavy atom. The van der Waals surface area contributed by atoms with Crippen molar-refractivity contribution < 1.29 is 9.13 Å². The zero-order valence-corrected chi connectivity index (χ0v) is 11.9. The summed E-state index contributed by atoms with van der Waals surface area (Å²) in [6.07, 6.45) is 3.03. The quantitative estimate of drug-likeness (QED) is 0.845. The normalized spacial score (nSPS) is 19.0. The molecule has 1 unspecified atom stereocenters. The minimum Gasteiger partial charge on any atom is -0.371 e. The number of benzene rings is 1. The summed E-state index contributed by atoms with van der Waals surface area (Å²) in [5, 5.41) is 0. The van der Waals surface area contributed by atoms with Gasteiger partial charge in [-0.3, -0.25) is 9.88 Å². The van der Waals surface area contributed by atoms with E-state index in [2.05, 4.69) is 9.88 Å². The van der Waals surface area contributed by atoms with Crippen molar-refractivity contribution in [3.05, 3.63) is 65.7 Å². The Kier molecular flexibility index (Phi) is 4.58. The van der Waals surface area contributed by atoms with E-state index in [1.165, 1.54) is 6.07 Å². The highest BCUT2D eigenvalue weighted by atomic mass is 19.1. The van der Waals surface area contributed by atoms with Gasteiger partial charge >= 0.3 is 0 Å². The van der Waals surface area contributed by atoms with Crippen molar-refractivity contribution in [2.45, 2.75) is 25.7 Å². The molecule has 1 fully saturated rings. The molecule has 21 heavy (non-hydrogen) atoms. The summed E-state index contributed by atoms with van der Waals surface area (Å²) in [7, 11) is 0. The zero-order valence-electron chi connectivity index (χ0n) is 11.9. The van der Waals surface area contributed by atoms with Crippen LogP contribution in [0.2, 0.25) is 0 Å². The largest absolute Gasteiger partial charge is 0.371 e. The van der Waals surface area contributed by atoms with Crippen LogP contribution in [0.3, 0.4) is 0 Å². The second-order valence-corrected chi connectivity index (χ2v) is 5.41. The van der Waals surface area contributed by atoms with Gasteiger partial charge in [0.25, 0.3) is 0 Å². The van der Waals surface area contributed by atoms with Gasteiger partial charge in [0.15, 0.2) is 0 Å². The monoisotopic (exact) mass is 286 g/mol. The van der Waals surface area contributed by atoms with Crippen molar-refractivity contribution >= 4 is 0 Å². The summed E-state index contributed by atoms with van der Waals surface area (Å²) in [6, 6.07) is 12.6. The van der Waals surface area contributed by atoms with Crippen molar-refractivity contribution in [1.29, 1.82) is 0 Å². The third-order valence-electron chi connectivity index (χ3n) is 3.72. The van der Waals surface area contributed by atoms with Gasteiger partial charge in [0.05, 0.1) is 18.4 Å². The van der Waals surface area contributed by atoms with E-state index in [4.69, 9.17) is 4.74 Å². The zero-order chi connectivity index (χ0) is 14.5. The molecule has 2 aromatic rings. The van der Waals surface area contributed by atoms with Gasteiger partial charge in [0, 0.05) is 25.8 Å². The lowest BCUT2D eigenvalue weighted by Gasteiger charge is -2.16. The van der Waals surface area contributed by atoms with Crippen LogP contribution in [0.1, 0.15) is 17.7 Å². The fourth-order valence-electron chi connectivity index (χ4n) is 2.66. The first-order valence-electron chi connectivity index (χ1n) is 7.28. The van der Waals surface area contributed by atoms with Gasteiger partial charge < -0.3 is 4.74 Å². The lowest BCUT2D eigenvalue weighted by molar-refractivity contribution is 0.0443. The highest BCUT2D eigenvalue weighted by Crippen LogP contribution is 2.17. The smallest absolute Gasteiger partial charge is 0.123 e. The fraction of sp³-hybridized carbons (Fsp3) is 0.353. The minimum absolute atomic E-state index is 0.172. The van der Waals surface area contributed by atoms with Crippen LogP contribution < -0.4 is 0 Å². The molecule has 1 atom stereocenters. The molecule has 3 rings (SSSR count). The van der Waals surface area contributed by atoms with Gasteiger partial charge in [-0.2, -0.15) is 0 Å². The first kappa shape index (κ1) is 14.2. The van der Waals surface area contributed by atoms with Crippen molar-refractivity contribution in [2.24, 2.45) is 0 Å². The molecular formula is C17H19FN2O. The highest BCUT2D eigenvalue weighted by molar-refractivity contribution is 5.16. The Hall–Kier alpha value is -1.78. The number of pyridine rings is 1. The molecule has 0 amide bonds. The highest BCUT2D eigenvalue weighted by Gasteiger charge is 2.23. The van der Waals surface area contributed by atoms with E-state index in [1.807, 2.05) is 24.3 Å². The SMILES string of the molecule is Fc1cccc(CN2CCC(OCc3ccccn3)C2)c1. The van der Waals surface area contributed by atoms with Gasteiger partial charge in [-0.25, -0.2) is 4.39 Å². The third kappa shape index (κ3) is 4.09. The molecular weight excluding hydrogens is 267 g/mol. The van der Waals surface area contributed by atoms with Gasteiger partial charge in [-0.05, 0) is 36.2 Å². The maximum absolute atomic E-state index is 13.2. The maximum atomic E-state index is 13.2. The predicted octanol–water partition coefficient (Wildman–Crippen LogP) is 3.01. The van der Waals surface area contributed by atoms with Gasteiger partial charge in [-0.15, -0.1) is 0 Å². The number of hydrogen-bond acceptors (Lipinski definition) is 3. The van der Waals surface area contributed by atoms with E-state index >= 15 is 0 Å². The number of hydrogen-bond donors (Lipinski definition) is 0. The molecule has 3 nitrogen and oxygen atoms in total. The average Bonchev–Trinajstić information content (AvgIpc) is 2.94.